The maximum Gasteiger partial charge on any atom is 0.220 e. The van der Waals surface area contributed by atoms with Crippen LogP contribution in [0.5, 0.6) is 0 Å². The van der Waals surface area contributed by atoms with E-state index in [1.807, 2.05) is 0 Å². The fraction of sp³-hybridized carbons (Fsp3) is 0.886. The zero-order valence-electron chi connectivity index (χ0n) is 32.5. The first-order valence-corrected chi connectivity index (χ1v) is 21.5. The first-order chi connectivity index (χ1) is 23.7. The lowest BCUT2D eigenvalue weighted by atomic mass is 10.0. The summed E-state index contributed by atoms with van der Waals surface area (Å²) in [4.78, 5) is 12.4. The Morgan fingerprint density at radius 2 is 0.917 bits per heavy atom. The van der Waals surface area contributed by atoms with Crippen LogP contribution in [0.15, 0.2) is 24.3 Å². The van der Waals surface area contributed by atoms with Crippen LogP contribution in [0.3, 0.4) is 0 Å². The third kappa shape index (κ3) is 36.2. The molecule has 0 aromatic rings. The lowest BCUT2D eigenvalue weighted by Crippen LogP contribution is -2.45. The van der Waals surface area contributed by atoms with Crippen molar-refractivity contribution < 1.29 is 15.0 Å². The number of aliphatic hydroxyl groups excluding tert-OH is 2. The number of carbonyl (C=O) groups is 1. The van der Waals surface area contributed by atoms with Crippen molar-refractivity contribution in [1.29, 1.82) is 0 Å². The molecule has 0 aromatic carbocycles. The Morgan fingerprint density at radius 1 is 0.521 bits per heavy atom. The van der Waals surface area contributed by atoms with Gasteiger partial charge in [0.25, 0.3) is 0 Å². The highest BCUT2D eigenvalue weighted by molar-refractivity contribution is 5.76. The normalized spacial score (nSPS) is 13.2. The Kier molecular flexibility index (Phi) is 39.4. The van der Waals surface area contributed by atoms with E-state index in [1.165, 1.54) is 167 Å². The molecule has 0 aromatic heterocycles. The molecule has 0 saturated carbocycles. The molecule has 3 N–H and O–H groups in total. The summed E-state index contributed by atoms with van der Waals surface area (Å²) in [6.45, 7) is 4.27. The van der Waals surface area contributed by atoms with Gasteiger partial charge < -0.3 is 15.5 Å². The molecule has 1 amide bonds. The summed E-state index contributed by atoms with van der Waals surface area (Å²) in [5.74, 6) is -0.0307. The van der Waals surface area contributed by atoms with Crippen molar-refractivity contribution in [3.05, 3.63) is 24.3 Å². The molecule has 0 aliphatic heterocycles. The molecule has 0 aliphatic carbocycles. The molecule has 2 atom stereocenters. The van der Waals surface area contributed by atoms with Crippen molar-refractivity contribution in [1.82, 2.24) is 5.32 Å². The lowest BCUT2D eigenvalue weighted by molar-refractivity contribution is -0.123. The van der Waals surface area contributed by atoms with Gasteiger partial charge >= 0.3 is 0 Å². The van der Waals surface area contributed by atoms with Crippen LogP contribution in [0.4, 0.5) is 0 Å². The monoisotopic (exact) mass is 676 g/mol. The van der Waals surface area contributed by atoms with Crippen LogP contribution in [-0.4, -0.2) is 34.9 Å². The second-order valence-corrected chi connectivity index (χ2v) is 14.7. The van der Waals surface area contributed by atoms with Gasteiger partial charge in [-0.25, -0.2) is 0 Å². The number of allylic oxidation sites excluding steroid dienone is 4. The predicted octanol–water partition coefficient (Wildman–Crippen LogP) is 13.2. The molecule has 0 radical (unpaired) electrons. The maximum atomic E-state index is 12.4. The van der Waals surface area contributed by atoms with Gasteiger partial charge in [0.05, 0.1) is 18.8 Å². The fourth-order valence-corrected chi connectivity index (χ4v) is 6.69. The van der Waals surface area contributed by atoms with E-state index in [4.69, 9.17) is 0 Å². The minimum Gasteiger partial charge on any atom is -0.394 e. The third-order valence-electron chi connectivity index (χ3n) is 9.98. The van der Waals surface area contributed by atoms with Crippen molar-refractivity contribution >= 4 is 5.91 Å². The number of rotatable bonds is 39. The molecule has 0 bridgehead atoms. The maximum absolute atomic E-state index is 12.4. The van der Waals surface area contributed by atoms with Crippen LogP contribution in [-0.2, 0) is 4.79 Å². The first-order valence-electron chi connectivity index (χ1n) is 21.5. The summed E-state index contributed by atoms with van der Waals surface area (Å²) >= 11 is 0. The van der Waals surface area contributed by atoms with Crippen molar-refractivity contribution in [2.24, 2.45) is 0 Å². The van der Waals surface area contributed by atoms with Gasteiger partial charge in [-0.3, -0.25) is 4.79 Å². The number of nitrogens with one attached hydrogen (secondary N) is 1. The standard InChI is InChI=1S/C44H85NO3/c1-3-5-7-9-11-13-15-17-19-20-21-22-23-24-26-28-30-32-34-36-38-40-44(48)45-42(41-46)43(47)39-37-35-33-31-29-27-25-18-16-14-12-10-8-6-4-2/h5,7,11,13,42-43,46-47H,3-4,6,8-10,12,14-41H2,1-2H3,(H,45,48)/b7-5-,13-11-. The van der Waals surface area contributed by atoms with Crippen LogP contribution in [0.1, 0.15) is 232 Å². The minimum absolute atomic E-state index is 0.0307. The Labute approximate surface area is 300 Å². The van der Waals surface area contributed by atoms with E-state index in [0.29, 0.717) is 12.8 Å². The predicted molar refractivity (Wildman–Crippen MR) is 212 cm³/mol. The SMILES string of the molecule is CC/C=C\C/C=C\CCCCCCCCCCCCCCCCC(=O)NC(CO)C(O)CCCCCCCCCCCCCCCCC. The summed E-state index contributed by atoms with van der Waals surface area (Å²) in [5, 5.41) is 23.2. The molecule has 4 heteroatoms. The van der Waals surface area contributed by atoms with E-state index in [0.717, 1.165) is 38.5 Å². The van der Waals surface area contributed by atoms with Gasteiger partial charge in [0.15, 0.2) is 0 Å². The quantitative estimate of drug-likeness (QED) is 0.0448. The highest BCUT2D eigenvalue weighted by Crippen LogP contribution is 2.16. The second kappa shape index (κ2) is 40.3. The molecular formula is C44H85NO3. The number of aliphatic hydroxyl groups is 2. The molecule has 0 rings (SSSR count). The Morgan fingerprint density at radius 3 is 1.35 bits per heavy atom. The molecule has 0 aliphatic rings. The second-order valence-electron chi connectivity index (χ2n) is 14.7. The van der Waals surface area contributed by atoms with Gasteiger partial charge in [0.2, 0.25) is 5.91 Å². The third-order valence-corrected chi connectivity index (χ3v) is 9.98. The van der Waals surface area contributed by atoms with Gasteiger partial charge in [-0.2, -0.15) is 0 Å². The molecule has 0 saturated heterocycles. The van der Waals surface area contributed by atoms with Gasteiger partial charge in [0.1, 0.15) is 0 Å². The molecule has 48 heavy (non-hydrogen) atoms. The van der Waals surface area contributed by atoms with Crippen LogP contribution < -0.4 is 5.32 Å². The first kappa shape index (κ1) is 46.9. The van der Waals surface area contributed by atoms with Crippen LogP contribution >= 0.6 is 0 Å². The highest BCUT2D eigenvalue weighted by Gasteiger charge is 2.20. The van der Waals surface area contributed by atoms with E-state index in [9.17, 15) is 15.0 Å². The molecule has 0 heterocycles. The van der Waals surface area contributed by atoms with E-state index in [1.54, 1.807) is 0 Å². The van der Waals surface area contributed by atoms with Gasteiger partial charge in [-0.05, 0) is 38.5 Å². The molecular weight excluding hydrogens is 590 g/mol. The van der Waals surface area contributed by atoms with E-state index >= 15 is 0 Å². The molecule has 0 spiro atoms. The van der Waals surface area contributed by atoms with Gasteiger partial charge in [0, 0.05) is 6.42 Å². The molecule has 2 unspecified atom stereocenters. The Hall–Kier alpha value is -1.13. The van der Waals surface area contributed by atoms with Crippen molar-refractivity contribution in [2.45, 2.75) is 244 Å². The largest absolute Gasteiger partial charge is 0.394 e. The summed E-state index contributed by atoms with van der Waals surface area (Å²) in [6, 6.07) is -0.533. The Bertz CT molecular complexity index is 691. The molecule has 4 nitrogen and oxygen atoms in total. The zero-order valence-corrected chi connectivity index (χ0v) is 32.5. The minimum atomic E-state index is -0.656. The van der Waals surface area contributed by atoms with Crippen LogP contribution in [0.2, 0.25) is 0 Å². The number of carbonyl (C=O) groups excluding carboxylic acids is 1. The number of hydrogen-bond donors (Lipinski definition) is 3. The highest BCUT2D eigenvalue weighted by atomic mass is 16.3. The van der Waals surface area contributed by atoms with Crippen molar-refractivity contribution in [3.63, 3.8) is 0 Å². The Balaban J connectivity index is 3.49. The van der Waals surface area contributed by atoms with E-state index in [-0.39, 0.29) is 12.5 Å². The molecule has 0 fully saturated rings. The smallest absolute Gasteiger partial charge is 0.220 e. The van der Waals surface area contributed by atoms with Crippen molar-refractivity contribution in [3.8, 4) is 0 Å². The van der Waals surface area contributed by atoms with Gasteiger partial charge in [-0.1, -0.05) is 212 Å². The average molecular weight is 676 g/mol. The molecule has 284 valence electrons. The lowest BCUT2D eigenvalue weighted by Gasteiger charge is -2.22. The number of hydrogen-bond acceptors (Lipinski definition) is 3. The summed E-state index contributed by atoms with van der Waals surface area (Å²) < 4.78 is 0. The summed E-state index contributed by atoms with van der Waals surface area (Å²) in [7, 11) is 0. The van der Waals surface area contributed by atoms with Gasteiger partial charge in [-0.15, -0.1) is 0 Å². The van der Waals surface area contributed by atoms with Crippen LogP contribution in [0, 0.1) is 0 Å². The zero-order chi connectivity index (χ0) is 35.0. The van der Waals surface area contributed by atoms with Crippen LogP contribution in [0.25, 0.3) is 0 Å². The fourth-order valence-electron chi connectivity index (χ4n) is 6.69. The van der Waals surface area contributed by atoms with E-state index < -0.39 is 12.1 Å². The number of amides is 1. The van der Waals surface area contributed by atoms with Crippen molar-refractivity contribution in [2.75, 3.05) is 6.61 Å². The average Bonchev–Trinajstić information content (AvgIpc) is 3.09. The summed E-state index contributed by atoms with van der Waals surface area (Å²) in [6.07, 6.45) is 51.1. The number of unbranched alkanes of at least 4 members (excludes halogenated alkanes) is 28. The summed E-state index contributed by atoms with van der Waals surface area (Å²) in [5.41, 5.74) is 0. The van der Waals surface area contributed by atoms with E-state index in [2.05, 4.69) is 43.5 Å². The topological polar surface area (TPSA) is 69.6 Å².